The lowest BCUT2D eigenvalue weighted by Gasteiger charge is -2.14. The maximum Gasteiger partial charge on any atom is 0.323 e. The van der Waals surface area contributed by atoms with Gasteiger partial charge in [-0.3, -0.25) is 0 Å². The number of rotatable bonds is 8. The van der Waals surface area contributed by atoms with Crippen LogP contribution in [-0.2, 0) is 0 Å². The molecule has 0 aliphatic heterocycles. The molecule has 0 saturated carbocycles. The molecule has 0 fully saturated rings. The molecule has 1 aromatic heterocycles. The fourth-order valence-corrected chi connectivity index (χ4v) is 1.55. The number of nitrogens with two attached hydrogens (primary N) is 1. The molecule has 1 unspecified atom stereocenters. The minimum Gasteiger partial charge on any atom is -0.463 e. The Morgan fingerprint density at radius 1 is 1.32 bits per heavy atom. The molecule has 0 aliphatic carbocycles. The van der Waals surface area contributed by atoms with E-state index in [0.29, 0.717) is 31.4 Å². The Balaban J connectivity index is 2.55. The number of nitrogens with one attached hydrogen (secondary N) is 1. The van der Waals surface area contributed by atoms with Crippen LogP contribution in [0.1, 0.15) is 33.6 Å². The molecule has 7 nitrogen and oxygen atoms in total. The summed E-state index contributed by atoms with van der Waals surface area (Å²) in [5, 5.41) is 12.7. The number of aliphatic hydroxyl groups is 1. The first-order chi connectivity index (χ1) is 9.01. The number of aromatic nitrogens is 3. The van der Waals surface area contributed by atoms with Crippen molar-refractivity contribution in [3.05, 3.63) is 0 Å². The lowest BCUT2D eigenvalue weighted by molar-refractivity contribution is 0.161. The SMILES string of the molecule is CCCOc1nc(N)nc(NCC(O)CC(C)C)n1. The Hall–Kier alpha value is -1.63. The first-order valence-electron chi connectivity index (χ1n) is 6.57. The highest BCUT2D eigenvalue weighted by Crippen LogP contribution is 2.10. The van der Waals surface area contributed by atoms with Crippen molar-refractivity contribution in [1.82, 2.24) is 15.0 Å². The molecular formula is C12H23N5O2. The molecule has 0 radical (unpaired) electrons. The summed E-state index contributed by atoms with van der Waals surface area (Å²) in [5.41, 5.74) is 5.57. The van der Waals surface area contributed by atoms with Gasteiger partial charge in [-0.05, 0) is 18.8 Å². The number of nitrogen functional groups attached to an aromatic ring is 1. The quantitative estimate of drug-likeness (QED) is 0.648. The van der Waals surface area contributed by atoms with Crippen LogP contribution in [0, 0.1) is 5.92 Å². The largest absolute Gasteiger partial charge is 0.463 e. The summed E-state index contributed by atoms with van der Waals surface area (Å²) in [6.07, 6.45) is 1.13. The van der Waals surface area contributed by atoms with Gasteiger partial charge in [0.15, 0.2) is 0 Å². The van der Waals surface area contributed by atoms with Crippen molar-refractivity contribution >= 4 is 11.9 Å². The third-order valence-electron chi connectivity index (χ3n) is 2.31. The lowest BCUT2D eigenvalue weighted by Crippen LogP contribution is -2.22. The first-order valence-corrected chi connectivity index (χ1v) is 6.57. The molecule has 4 N–H and O–H groups in total. The maximum atomic E-state index is 9.76. The average Bonchev–Trinajstić information content (AvgIpc) is 2.32. The molecule has 0 spiro atoms. The van der Waals surface area contributed by atoms with Gasteiger partial charge < -0.3 is 20.9 Å². The first kappa shape index (κ1) is 15.4. The van der Waals surface area contributed by atoms with Crippen LogP contribution < -0.4 is 15.8 Å². The number of aliphatic hydroxyl groups excluding tert-OH is 1. The van der Waals surface area contributed by atoms with Gasteiger partial charge in [0.05, 0.1) is 12.7 Å². The van der Waals surface area contributed by atoms with E-state index in [1.807, 2.05) is 6.92 Å². The van der Waals surface area contributed by atoms with Crippen LogP contribution in [0.15, 0.2) is 0 Å². The number of hydrogen-bond donors (Lipinski definition) is 3. The minimum atomic E-state index is -0.446. The summed E-state index contributed by atoms with van der Waals surface area (Å²) >= 11 is 0. The molecule has 1 atom stereocenters. The lowest BCUT2D eigenvalue weighted by atomic mass is 10.1. The molecule has 1 heterocycles. The van der Waals surface area contributed by atoms with Crippen LogP contribution in [-0.4, -0.2) is 39.3 Å². The second-order valence-electron chi connectivity index (χ2n) is 4.81. The fourth-order valence-electron chi connectivity index (χ4n) is 1.55. The number of nitrogens with zero attached hydrogens (tertiary/aromatic N) is 3. The molecule has 1 rings (SSSR count). The zero-order valence-corrected chi connectivity index (χ0v) is 11.8. The van der Waals surface area contributed by atoms with Crippen molar-refractivity contribution in [2.45, 2.75) is 39.7 Å². The summed E-state index contributed by atoms with van der Waals surface area (Å²) in [6, 6.07) is 0.204. The fraction of sp³-hybridized carbons (Fsp3) is 0.750. The summed E-state index contributed by atoms with van der Waals surface area (Å²) < 4.78 is 5.30. The Kier molecular flexibility index (Phi) is 6.27. The van der Waals surface area contributed by atoms with E-state index in [2.05, 4.69) is 34.1 Å². The molecule has 0 aliphatic rings. The summed E-state index contributed by atoms with van der Waals surface area (Å²) in [5.74, 6) is 0.854. The van der Waals surface area contributed by atoms with E-state index in [1.165, 1.54) is 0 Å². The topological polar surface area (TPSA) is 106 Å². The Morgan fingerprint density at radius 3 is 2.68 bits per heavy atom. The second kappa shape index (κ2) is 7.73. The van der Waals surface area contributed by atoms with Crippen LogP contribution in [0.25, 0.3) is 0 Å². The molecule has 1 aromatic rings. The van der Waals surface area contributed by atoms with E-state index in [1.54, 1.807) is 0 Å². The van der Waals surface area contributed by atoms with E-state index in [0.717, 1.165) is 6.42 Å². The molecular weight excluding hydrogens is 246 g/mol. The average molecular weight is 269 g/mol. The van der Waals surface area contributed by atoms with Crippen molar-refractivity contribution in [2.24, 2.45) is 5.92 Å². The summed E-state index contributed by atoms with van der Waals surface area (Å²) in [7, 11) is 0. The molecule has 108 valence electrons. The van der Waals surface area contributed by atoms with Crippen molar-refractivity contribution < 1.29 is 9.84 Å². The van der Waals surface area contributed by atoms with E-state index in [9.17, 15) is 5.11 Å². The maximum absolute atomic E-state index is 9.76. The van der Waals surface area contributed by atoms with Crippen LogP contribution in [0.2, 0.25) is 0 Å². The monoisotopic (exact) mass is 269 g/mol. The Bertz CT molecular complexity index is 386. The van der Waals surface area contributed by atoms with Crippen molar-refractivity contribution in [1.29, 1.82) is 0 Å². The number of ether oxygens (including phenoxy) is 1. The number of hydrogen-bond acceptors (Lipinski definition) is 7. The standard InChI is InChI=1S/C12H23N5O2/c1-4-5-19-12-16-10(13)15-11(17-12)14-7-9(18)6-8(2)3/h8-9,18H,4-7H2,1-3H3,(H3,13,14,15,16,17). The highest BCUT2D eigenvalue weighted by atomic mass is 16.5. The normalized spacial score (nSPS) is 12.5. The highest BCUT2D eigenvalue weighted by Gasteiger charge is 2.09. The van der Waals surface area contributed by atoms with Gasteiger partial charge in [-0.25, -0.2) is 0 Å². The molecule has 0 saturated heterocycles. The van der Waals surface area contributed by atoms with Crippen LogP contribution in [0.3, 0.4) is 0 Å². The molecule has 7 heteroatoms. The third kappa shape index (κ3) is 6.19. The highest BCUT2D eigenvalue weighted by molar-refractivity contribution is 5.32. The molecule has 0 amide bonds. The summed E-state index contributed by atoms with van der Waals surface area (Å²) in [4.78, 5) is 11.9. The third-order valence-corrected chi connectivity index (χ3v) is 2.31. The molecule has 19 heavy (non-hydrogen) atoms. The van der Waals surface area contributed by atoms with Gasteiger partial charge in [-0.15, -0.1) is 0 Å². The Labute approximate surface area is 113 Å². The van der Waals surface area contributed by atoms with Gasteiger partial charge in [-0.1, -0.05) is 20.8 Å². The van der Waals surface area contributed by atoms with Crippen molar-refractivity contribution in [3.8, 4) is 6.01 Å². The van der Waals surface area contributed by atoms with Gasteiger partial charge in [0, 0.05) is 6.54 Å². The van der Waals surface area contributed by atoms with Crippen molar-refractivity contribution in [2.75, 3.05) is 24.2 Å². The van der Waals surface area contributed by atoms with Crippen LogP contribution in [0.5, 0.6) is 6.01 Å². The van der Waals surface area contributed by atoms with Gasteiger partial charge in [0.1, 0.15) is 0 Å². The predicted molar refractivity (Wildman–Crippen MR) is 74.0 cm³/mol. The van der Waals surface area contributed by atoms with Crippen LogP contribution >= 0.6 is 0 Å². The van der Waals surface area contributed by atoms with E-state index in [-0.39, 0.29) is 12.0 Å². The summed E-state index contributed by atoms with van der Waals surface area (Å²) in [6.45, 7) is 7.00. The van der Waals surface area contributed by atoms with E-state index < -0.39 is 6.10 Å². The second-order valence-corrected chi connectivity index (χ2v) is 4.81. The van der Waals surface area contributed by atoms with Crippen molar-refractivity contribution in [3.63, 3.8) is 0 Å². The Morgan fingerprint density at radius 2 is 2.05 bits per heavy atom. The zero-order chi connectivity index (χ0) is 14.3. The molecule has 0 aromatic carbocycles. The minimum absolute atomic E-state index is 0.0990. The van der Waals surface area contributed by atoms with Gasteiger partial charge >= 0.3 is 6.01 Å². The number of anilines is 2. The van der Waals surface area contributed by atoms with Crippen LogP contribution in [0.4, 0.5) is 11.9 Å². The predicted octanol–water partition coefficient (Wildman–Crippen LogP) is 1.06. The smallest absolute Gasteiger partial charge is 0.323 e. The zero-order valence-electron chi connectivity index (χ0n) is 11.8. The molecule has 0 bridgehead atoms. The van der Waals surface area contributed by atoms with E-state index >= 15 is 0 Å². The van der Waals surface area contributed by atoms with Gasteiger partial charge in [0.25, 0.3) is 0 Å². The van der Waals surface area contributed by atoms with Gasteiger partial charge in [-0.2, -0.15) is 15.0 Å². The van der Waals surface area contributed by atoms with Gasteiger partial charge in [0.2, 0.25) is 11.9 Å². The van der Waals surface area contributed by atoms with E-state index in [4.69, 9.17) is 10.5 Å².